The van der Waals surface area contributed by atoms with Gasteiger partial charge in [0.1, 0.15) is 6.04 Å². The summed E-state index contributed by atoms with van der Waals surface area (Å²) in [7, 11) is 0. The third-order valence-electron chi connectivity index (χ3n) is 3.73. The number of hydrogen-bond donors (Lipinski definition) is 2. The summed E-state index contributed by atoms with van der Waals surface area (Å²) in [6.45, 7) is 0.834. The van der Waals surface area contributed by atoms with Crippen LogP contribution in [-0.2, 0) is 11.2 Å². The minimum atomic E-state index is -0.268. The van der Waals surface area contributed by atoms with Crippen LogP contribution in [0.5, 0.6) is 0 Å². The fourth-order valence-electron chi connectivity index (χ4n) is 2.63. The first-order valence-electron chi connectivity index (χ1n) is 7.04. The Balaban J connectivity index is 1.76. The van der Waals surface area contributed by atoms with Crippen molar-refractivity contribution in [3.8, 4) is 0 Å². The van der Waals surface area contributed by atoms with Crippen LogP contribution in [-0.4, -0.2) is 18.7 Å². The van der Waals surface area contributed by atoms with Crippen molar-refractivity contribution in [3.63, 3.8) is 0 Å². The molecule has 3 nitrogen and oxygen atoms in total. The standard InChI is InChI=1S/C17H18N2OS/c1-21-14-8-6-13(7-9-14)19-17(20)16-15-5-3-2-4-12(15)10-11-18-16/h2-9,16,18H,10-11H2,1H3,(H,19,20). The molecular weight excluding hydrogens is 280 g/mol. The minimum absolute atomic E-state index is 0.000878. The van der Waals surface area contributed by atoms with E-state index in [4.69, 9.17) is 0 Å². The van der Waals surface area contributed by atoms with Crippen molar-refractivity contribution < 1.29 is 4.79 Å². The van der Waals surface area contributed by atoms with Gasteiger partial charge in [-0.1, -0.05) is 24.3 Å². The Kier molecular flexibility index (Phi) is 4.27. The highest BCUT2D eigenvalue weighted by Gasteiger charge is 2.25. The molecule has 4 heteroatoms. The van der Waals surface area contributed by atoms with E-state index in [2.05, 4.69) is 16.7 Å². The second-order valence-electron chi connectivity index (χ2n) is 5.05. The van der Waals surface area contributed by atoms with E-state index in [0.717, 1.165) is 24.2 Å². The van der Waals surface area contributed by atoms with Gasteiger partial charge >= 0.3 is 0 Å². The molecule has 0 aromatic heterocycles. The molecule has 2 aromatic carbocycles. The summed E-state index contributed by atoms with van der Waals surface area (Å²) in [6.07, 6.45) is 3.01. The predicted molar refractivity (Wildman–Crippen MR) is 87.7 cm³/mol. The summed E-state index contributed by atoms with van der Waals surface area (Å²) in [5, 5.41) is 6.29. The second-order valence-corrected chi connectivity index (χ2v) is 5.93. The number of carbonyl (C=O) groups excluding carboxylic acids is 1. The fourth-order valence-corrected chi connectivity index (χ4v) is 3.04. The zero-order chi connectivity index (χ0) is 14.7. The quantitative estimate of drug-likeness (QED) is 0.855. The molecule has 0 saturated heterocycles. The summed E-state index contributed by atoms with van der Waals surface area (Å²) < 4.78 is 0. The van der Waals surface area contributed by atoms with Crippen LogP contribution in [0.25, 0.3) is 0 Å². The molecule has 2 aromatic rings. The lowest BCUT2D eigenvalue weighted by Gasteiger charge is -2.26. The van der Waals surface area contributed by atoms with Crippen LogP contribution in [0.3, 0.4) is 0 Å². The Morgan fingerprint density at radius 3 is 2.71 bits per heavy atom. The largest absolute Gasteiger partial charge is 0.324 e. The van der Waals surface area contributed by atoms with Crippen LogP contribution in [0.1, 0.15) is 17.2 Å². The number of amides is 1. The van der Waals surface area contributed by atoms with E-state index in [1.807, 2.05) is 48.7 Å². The van der Waals surface area contributed by atoms with E-state index in [9.17, 15) is 4.79 Å². The third-order valence-corrected chi connectivity index (χ3v) is 4.47. The molecule has 2 N–H and O–H groups in total. The molecular formula is C17H18N2OS. The fraction of sp³-hybridized carbons (Fsp3) is 0.235. The van der Waals surface area contributed by atoms with Gasteiger partial charge in [-0.15, -0.1) is 11.8 Å². The van der Waals surface area contributed by atoms with Crippen molar-refractivity contribution >= 4 is 23.4 Å². The predicted octanol–water partition coefficient (Wildman–Crippen LogP) is 3.23. The number of rotatable bonds is 3. The molecule has 1 aliphatic heterocycles. The highest BCUT2D eigenvalue weighted by Crippen LogP contribution is 2.24. The third kappa shape index (κ3) is 3.12. The highest BCUT2D eigenvalue weighted by molar-refractivity contribution is 7.98. The molecule has 1 amide bonds. The molecule has 0 radical (unpaired) electrons. The van der Waals surface area contributed by atoms with Crippen molar-refractivity contribution in [2.75, 3.05) is 18.1 Å². The van der Waals surface area contributed by atoms with Gasteiger partial charge in [0.05, 0.1) is 0 Å². The van der Waals surface area contributed by atoms with Crippen molar-refractivity contribution in [2.45, 2.75) is 17.4 Å². The number of carbonyl (C=O) groups is 1. The zero-order valence-electron chi connectivity index (χ0n) is 11.9. The van der Waals surface area contributed by atoms with E-state index < -0.39 is 0 Å². The summed E-state index contributed by atoms with van der Waals surface area (Å²) in [5.74, 6) is -0.000878. The van der Waals surface area contributed by atoms with Gasteiger partial charge in [0.2, 0.25) is 5.91 Å². The summed E-state index contributed by atoms with van der Waals surface area (Å²) >= 11 is 1.69. The lowest BCUT2D eigenvalue weighted by atomic mass is 9.94. The maximum absolute atomic E-state index is 12.5. The van der Waals surface area contributed by atoms with Crippen LogP contribution in [0.15, 0.2) is 53.4 Å². The van der Waals surface area contributed by atoms with E-state index in [1.54, 1.807) is 11.8 Å². The monoisotopic (exact) mass is 298 g/mol. The second kappa shape index (κ2) is 6.33. The van der Waals surface area contributed by atoms with Crippen molar-refractivity contribution in [1.82, 2.24) is 5.32 Å². The molecule has 0 aliphatic carbocycles. The summed E-state index contributed by atoms with van der Waals surface area (Å²) in [6, 6.07) is 15.8. The SMILES string of the molecule is CSc1ccc(NC(=O)C2NCCc3ccccc32)cc1. The van der Waals surface area contributed by atoms with Crippen molar-refractivity contribution in [1.29, 1.82) is 0 Å². The van der Waals surface area contributed by atoms with Gasteiger partial charge in [-0.3, -0.25) is 4.79 Å². The molecule has 3 rings (SSSR count). The average Bonchev–Trinajstić information content (AvgIpc) is 2.55. The minimum Gasteiger partial charge on any atom is -0.324 e. The van der Waals surface area contributed by atoms with Gasteiger partial charge in [0, 0.05) is 17.1 Å². The first-order chi connectivity index (χ1) is 10.3. The number of fused-ring (bicyclic) bond motifs is 1. The molecule has 0 bridgehead atoms. The maximum atomic E-state index is 12.5. The molecule has 0 spiro atoms. The Hall–Kier alpha value is -1.78. The van der Waals surface area contributed by atoms with Gasteiger partial charge in [-0.05, 0) is 48.1 Å². The zero-order valence-corrected chi connectivity index (χ0v) is 12.7. The average molecular weight is 298 g/mol. The van der Waals surface area contributed by atoms with E-state index in [0.29, 0.717) is 0 Å². The van der Waals surface area contributed by atoms with Gasteiger partial charge in [-0.25, -0.2) is 0 Å². The number of benzene rings is 2. The Labute approximate surface area is 129 Å². The molecule has 1 atom stereocenters. The molecule has 108 valence electrons. The van der Waals surface area contributed by atoms with Crippen LogP contribution < -0.4 is 10.6 Å². The normalized spacial score (nSPS) is 17.1. The molecule has 1 aliphatic rings. The topological polar surface area (TPSA) is 41.1 Å². The molecule has 1 unspecified atom stereocenters. The Bertz CT molecular complexity index is 639. The Morgan fingerprint density at radius 1 is 1.19 bits per heavy atom. The molecule has 0 fully saturated rings. The van der Waals surface area contributed by atoms with Gasteiger partial charge in [-0.2, -0.15) is 0 Å². The lowest BCUT2D eigenvalue weighted by Crippen LogP contribution is -2.38. The number of thioether (sulfide) groups is 1. The van der Waals surface area contributed by atoms with Crippen LogP contribution in [0.2, 0.25) is 0 Å². The molecule has 0 saturated carbocycles. The van der Waals surface area contributed by atoms with Crippen LogP contribution >= 0.6 is 11.8 Å². The number of hydrogen-bond acceptors (Lipinski definition) is 3. The van der Waals surface area contributed by atoms with Gasteiger partial charge < -0.3 is 10.6 Å². The van der Waals surface area contributed by atoms with Gasteiger partial charge in [0.25, 0.3) is 0 Å². The summed E-state index contributed by atoms with van der Waals surface area (Å²) in [4.78, 5) is 13.7. The lowest BCUT2D eigenvalue weighted by molar-refractivity contribution is -0.118. The first-order valence-corrected chi connectivity index (χ1v) is 8.26. The van der Waals surface area contributed by atoms with Crippen LogP contribution in [0.4, 0.5) is 5.69 Å². The number of anilines is 1. The van der Waals surface area contributed by atoms with E-state index in [-0.39, 0.29) is 11.9 Å². The van der Waals surface area contributed by atoms with Crippen molar-refractivity contribution in [2.24, 2.45) is 0 Å². The van der Waals surface area contributed by atoms with Crippen LogP contribution in [0, 0.1) is 0 Å². The summed E-state index contributed by atoms with van der Waals surface area (Å²) in [5.41, 5.74) is 3.18. The smallest absolute Gasteiger partial charge is 0.246 e. The first kappa shape index (κ1) is 14.2. The number of nitrogens with one attached hydrogen (secondary N) is 2. The Morgan fingerprint density at radius 2 is 1.95 bits per heavy atom. The molecule has 1 heterocycles. The highest BCUT2D eigenvalue weighted by atomic mass is 32.2. The maximum Gasteiger partial charge on any atom is 0.246 e. The van der Waals surface area contributed by atoms with Crippen molar-refractivity contribution in [3.05, 3.63) is 59.7 Å². The van der Waals surface area contributed by atoms with Gasteiger partial charge in [0.15, 0.2) is 0 Å². The molecule has 21 heavy (non-hydrogen) atoms. The van der Waals surface area contributed by atoms with E-state index in [1.165, 1.54) is 10.5 Å². The van der Waals surface area contributed by atoms with E-state index >= 15 is 0 Å².